The number of hydrogen-bond acceptors (Lipinski definition) is 2. The second-order valence-corrected chi connectivity index (χ2v) is 1.87. The third kappa shape index (κ3) is 2.35. The Kier molecular flexibility index (Phi) is 2.86. The van der Waals surface area contributed by atoms with Gasteiger partial charge < -0.3 is 0 Å². The Morgan fingerprint density at radius 2 is 2.38 bits per heavy atom. The van der Waals surface area contributed by atoms with Gasteiger partial charge in [-0.1, -0.05) is 6.92 Å². The molecule has 2 heteroatoms. The molecule has 0 aliphatic rings. The highest BCUT2D eigenvalue weighted by atomic mass is 16.1. The van der Waals surface area contributed by atoms with E-state index in [0.29, 0.717) is 6.42 Å². The molecule has 0 rings (SSSR count). The van der Waals surface area contributed by atoms with Gasteiger partial charge in [0, 0.05) is 12.3 Å². The molecule has 0 aromatic rings. The van der Waals surface area contributed by atoms with Crippen LogP contribution in [-0.4, -0.2) is 5.78 Å². The Bertz CT molecular complexity index is 123. The fourth-order valence-electron chi connectivity index (χ4n) is 0.281. The van der Waals surface area contributed by atoms with E-state index in [-0.39, 0.29) is 11.7 Å². The minimum atomic E-state index is -0.0833. The van der Waals surface area contributed by atoms with E-state index in [4.69, 9.17) is 5.26 Å². The number of Topliss-reactive ketones (excluding diaryl/α,β-unsaturated/α-hetero) is 1. The minimum Gasteiger partial charge on any atom is -0.300 e. The molecule has 0 heterocycles. The summed E-state index contributed by atoms with van der Waals surface area (Å²) in [6.45, 7) is 3.26. The van der Waals surface area contributed by atoms with Gasteiger partial charge in [0.2, 0.25) is 0 Å². The van der Waals surface area contributed by atoms with Crippen LogP contribution >= 0.6 is 0 Å². The zero-order valence-electron chi connectivity index (χ0n) is 5.14. The van der Waals surface area contributed by atoms with Gasteiger partial charge in [0.05, 0.1) is 6.07 Å². The predicted molar refractivity (Wildman–Crippen MR) is 30.1 cm³/mol. The molecule has 0 fully saturated rings. The molecule has 0 spiro atoms. The molecule has 2 nitrogen and oxygen atoms in total. The molecule has 0 aromatic heterocycles. The van der Waals surface area contributed by atoms with Crippen molar-refractivity contribution in [1.82, 2.24) is 0 Å². The number of rotatable bonds is 2. The van der Waals surface area contributed by atoms with E-state index in [1.165, 1.54) is 6.92 Å². The van der Waals surface area contributed by atoms with Crippen molar-refractivity contribution in [3.63, 3.8) is 0 Å². The van der Waals surface area contributed by atoms with Crippen LogP contribution in [0.5, 0.6) is 0 Å². The van der Waals surface area contributed by atoms with Crippen molar-refractivity contribution in [3.05, 3.63) is 0 Å². The summed E-state index contributed by atoms with van der Waals surface area (Å²) in [5.41, 5.74) is 0. The van der Waals surface area contributed by atoms with Crippen LogP contribution in [0.1, 0.15) is 20.3 Å². The van der Waals surface area contributed by atoms with Gasteiger partial charge in [-0.25, -0.2) is 0 Å². The first-order chi connectivity index (χ1) is 3.68. The van der Waals surface area contributed by atoms with Crippen LogP contribution in [0.15, 0.2) is 0 Å². The summed E-state index contributed by atoms with van der Waals surface area (Å²) in [5.74, 6) is 0.00606. The minimum absolute atomic E-state index is 0.0833. The summed E-state index contributed by atoms with van der Waals surface area (Å²) in [6, 6.07) is 1.93. The van der Waals surface area contributed by atoms with Gasteiger partial charge in [-0.15, -0.1) is 0 Å². The molecule has 8 heavy (non-hydrogen) atoms. The molecule has 0 saturated carbocycles. The van der Waals surface area contributed by atoms with Crippen LogP contribution in [-0.2, 0) is 4.79 Å². The van der Waals surface area contributed by atoms with Crippen LogP contribution in [0.25, 0.3) is 0 Å². The first-order valence-corrected chi connectivity index (χ1v) is 2.56. The highest BCUT2D eigenvalue weighted by Gasteiger charge is 2.04. The monoisotopic (exact) mass is 111 g/mol. The van der Waals surface area contributed by atoms with E-state index in [0.717, 1.165) is 0 Å². The van der Waals surface area contributed by atoms with Crippen molar-refractivity contribution in [2.45, 2.75) is 20.3 Å². The molecule has 0 saturated heterocycles. The van der Waals surface area contributed by atoms with E-state index >= 15 is 0 Å². The van der Waals surface area contributed by atoms with Crippen LogP contribution in [0.2, 0.25) is 0 Å². The SMILES string of the molecule is CC(=O)[C@@H](C)CC#N. The summed E-state index contributed by atoms with van der Waals surface area (Å²) in [5, 5.41) is 8.08. The average molecular weight is 111 g/mol. The van der Waals surface area contributed by atoms with Gasteiger partial charge in [-0.05, 0) is 6.92 Å². The van der Waals surface area contributed by atoms with Crippen molar-refractivity contribution in [3.8, 4) is 6.07 Å². The number of ketones is 1. The second-order valence-electron chi connectivity index (χ2n) is 1.87. The fourth-order valence-corrected chi connectivity index (χ4v) is 0.281. The van der Waals surface area contributed by atoms with Crippen molar-refractivity contribution < 1.29 is 4.79 Å². The molecule has 0 aromatic carbocycles. The van der Waals surface area contributed by atoms with Gasteiger partial charge >= 0.3 is 0 Å². The van der Waals surface area contributed by atoms with E-state index < -0.39 is 0 Å². The number of nitrogens with zero attached hydrogens (tertiary/aromatic N) is 1. The van der Waals surface area contributed by atoms with Gasteiger partial charge in [0.15, 0.2) is 0 Å². The molecular formula is C6H9NO. The van der Waals surface area contributed by atoms with Crippen molar-refractivity contribution in [2.75, 3.05) is 0 Å². The fraction of sp³-hybridized carbons (Fsp3) is 0.667. The average Bonchev–Trinajstić information content (AvgIpc) is 1.67. The van der Waals surface area contributed by atoms with Crippen molar-refractivity contribution in [2.24, 2.45) is 5.92 Å². The maximum absolute atomic E-state index is 10.4. The predicted octanol–water partition coefficient (Wildman–Crippen LogP) is 1.13. The topological polar surface area (TPSA) is 40.9 Å². The second kappa shape index (κ2) is 3.20. The zero-order valence-corrected chi connectivity index (χ0v) is 5.14. The maximum atomic E-state index is 10.4. The zero-order chi connectivity index (χ0) is 6.57. The lowest BCUT2D eigenvalue weighted by Gasteiger charge is -1.96. The molecule has 0 unspecified atom stereocenters. The molecule has 0 radical (unpaired) electrons. The van der Waals surface area contributed by atoms with Gasteiger partial charge in [-0.2, -0.15) is 5.26 Å². The van der Waals surface area contributed by atoms with Crippen LogP contribution in [0.4, 0.5) is 0 Å². The molecule has 0 amide bonds. The van der Waals surface area contributed by atoms with E-state index in [9.17, 15) is 4.79 Å². The molecule has 0 N–H and O–H groups in total. The number of hydrogen-bond donors (Lipinski definition) is 0. The van der Waals surface area contributed by atoms with Crippen molar-refractivity contribution in [1.29, 1.82) is 5.26 Å². The van der Waals surface area contributed by atoms with E-state index in [1.807, 2.05) is 6.07 Å². The molecule has 0 bridgehead atoms. The standard InChI is InChI=1S/C6H9NO/c1-5(3-4-7)6(2)8/h5H,3H2,1-2H3/t5-/m0/s1. The Hall–Kier alpha value is -0.840. The summed E-state index contributed by atoms with van der Waals surface area (Å²) in [4.78, 5) is 10.4. The van der Waals surface area contributed by atoms with Gasteiger partial charge in [0.25, 0.3) is 0 Å². The Morgan fingerprint density at radius 1 is 1.88 bits per heavy atom. The molecule has 0 aliphatic heterocycles. The summed E-state index contributed by atoms with van der Waals surface area (Å²) in [7, 11) is 0. The largest absolute Gasteiger partial charge is 0.300 e. The Balaban J connectivity index is 3.52. The molecular weight excluding hydrogens is 102 g/mol. The van der Waals surface area contributed by atoms with E-state index in [1.54, 1.807) is 6.92 Å². The lowest BCUT2D eigenvalue weighted by Crippen LogP contribution is -2.03. The number of carbonyl (C=O) groups is 1. The smallest absolute Gasteiger partial charge is 0.133 e. The summed E-state index contributed by atoms with van der Waals surface area (Å²) >= 11 is 0. The van der Waals surface area contributed by atoms with Crippen LogP contribution in [0, 0.1) is 17.2 Å². The highest BCUT2D eigenvalue weighted by molar-refractivity contribution is 5.78. The Labute approximate surface area is 49.1 Å². The number of nitriles is 1. The molecule has 44 valence electrons. The first-order valence-electron chi connectivity index (χ1n) is 2.56. The van der Waals surface area contributed by atoms with Crippen LogP contribution < -0.4 is 0 Å². The third-order valence-electron chi connectivity index (χ3n) is 1.09. The third-order valence-corrected chi connectivity index (χ3v) is 1.09. The Morgan fingerprint density at radius 3 is 2.50 bits per heavy atom. The lowest BCUT2D eigenvalue weighted by atomic mass is 10.1. The van der Waals surface area contributed by atoms with Gasteiger partial charge in [-0.3, -0.25) is 4.79 Å². The van der Waals surface area contributed by atoms with Crippen LogP contribution in [0.3, 0.4) is 0 Å². The van der Waals surface area contributed by atoms with Gasteiger partial charge in [0.1, 0.15) is 5.78 Å². The van der Waals surface area contributed by atoms with E-state index in [2.05, 4.69) is 0 Å². The quantitative estimate of drug-likeness (QED) is 0.535. The molecule has 0 aliphatic carbocycles. The normalized spacial score (nSPS) is 12.1. The molecule has 1 atom stereocenters. The summed E-state index contributed by atoms with van der Waals surface area (Å²) in [6.07, 6.45) is 0.343. The number of carbonyl (C=O) groups excluding carboxylic acids is 1. The summed E-state index contributed by atoms with van der Waals surface area (Å²) < 4.78 is 0. The highest BCUT2D eigenvalue weighted by Crippen LogP contribution is 1.99. The first kappa shape index (κ1) is 7.16. The lowest BCUT2D eigenvalue weighted by molar-refractivity contribution is -0.120. The maximum Gasteiger partial charge on any atom is 0.133 e. The van der Waals surface area contributed by atoms with Crippen molar-refractivity contribution >= 4 is 5.78 Å².